The smallest absolute Gasteiger partial charge is 0.258 e. The molecular weight excluding hydrogens is 350 g/mol. The van der Waals surface area contributed by atoms with E-state index in [1.807, 2.05) is 42.2 Å². The van der Waals surface area contributed by atoms with E-state index in [1.54, 1.807) is 0 Å². The van der Waals surface area contributed by atoms with Crippen LogP contribution in [0, 0.1) is 11.6 Å². The molecular formula is C20H18F2N4O. The van der Waals surface area contributed by atoms with Crippen LogP contribution in [0.2, 0.25) is 0 Å². The molecule has 0 saturated carbocycles. The third-order valence-corrected chi connectivity index (χ3v) is 3.98. The lowest BCUT2D eigenvalue weighted by atomic mass is 10.2. The first-order valence-electron chi connectivity index (χ1n) is 8.44. The summed E-state index contributed by atoms with van der Waals surface area (Å²) in [4.78, 5) is 22.6. The SMILES string of the molecule is CCN(Cc1ccccc1)c1ncc(C(=O)Nc2c(F)cccc2F)cn1. The summed E-state index contributed by atoms with van der Waals surface area (Å²) in [5, 5.41) is 2.21. The van der Waals surface area contributed by atoms with Crippen LogP contribution in [0.15, 0.2) is 60.9 Å². The van der Waals surface area contributed by atoms with Crippen molar-refractivity contribution in [3.05, 3.63) is 83.7 Å². The van der Waals surface area contributed by atoms with Gasteiger partial charge < -0.3 is 10.2 Å². The van der Waals surface area contributed by atoms with Crippen molar-refractivity contribution in [2.45, 2.75) is 13.5 Å². The van der Waals surface area contributed by atoms with Crippen molar-refractivity contribution in [1.29, 1.82) is 0 Å². The number of hydrogen-bond donors (Lipinski definition) is 1. The van der Waals surface area contributed by atoms with Crippen molar-refractivity contribution < 1.29 is 13.6 Å². The van der Waals surface area contributed by atoms with Crippen LogP contribution in [-0.2, 0) is 6.54 Å². The quantitative estimate of drug-likeness (QED) is 0.714. The number of anilines is 2. The number of nitrogens with zero attached hydrogens (tertiary/aromatic N) is 3. The fourth-order valence-electron chi connectivity index (χ4n) is 2.53. The van der Waals surface area contributed by atoms with Gasteiger partial charge in [0, 0.05) is 25.5 Å². The molecule has 3 rings (SSSR count). The Kier molecular flexibility index (Phi) is 5.71. The molecule has 0 aliphatic rings. The van der Waals surface area contributed by atoms with E-state index in [2.05, 4.69) is 15.3 Å². The van der Waals surface area contributed by atoms with Crippen LogP contribution in [0.4, 0.5) is 20.4 Å². The topological polar surface area (TPSA) is 58.1 Å². The van der Waals surface area contributed by atoms with Crippen molar-refractivity contribution >= 4 is 17.5 Å². The molecule has 5 nitrogen and oxygen atoms in total. The minimum atomic E-state index is -0.846. The molecule has 0 fully saturated rings. The minimum Gasteiger partial charge on any atom is -0.337 e. The van der Waals surface area contributed by atoms with E-state index in [-0.39, 0.29) is 5.56 Å². The van der Waals surface area contributed by atoms with Gasteiger partial charge in [-0.1, -0.05) is 36.4 Å². The maximum Gasteiger partial charge on any atom is 0.258 e. The molecule has 7 heteroatoms. The standard InChI is InChI=1S/C20H18F2N4O/c1-2-26(13-14-7-4-3-5-8-14)20-23-11-15(12-24-20)19(27)25-18-16(21)9-6-10-17(18)22/h3-12H,2,13H2,1H3,(H,25,27). The molecule has 0 aliphatic carbocycles. The number of para-hydroxylation sites is 1. The minimum absolute atomic E-state index is 0.108. The van der Waals surface area contributed by atoms with E-state index in [4.69, 9.17) is 0 Å². The van der Waals surface area contributed by atoms with E-state index in [9.17, 15) is 13.6 Å². The molecule has 27 heavy (non-hydrogen) atoms. The lowest BCUT2D eigenvalue weighted by Crippen LogP contribution is -2.24. The number of halogens is 2. The Morgan fingerprint density at radius 3 is 2.22 bits per heavy atom. The van der Waals surface area contributed by atoms with Crippen molar-refractivity contribution in [2.24, 2.45) is 0 Å². The summed E-state index contributed by atoms with van der Waals surface area (Å²) >= 11 is 0. The Morgan fingerprint density at radius 2 is 1.63 bits per heavy atom. The Bertz CT molecular complexity index is 897. The third-order valence-electron chi connectivity index (χ3n) is 3.98. The van der Waals surface area contributed by atoms with Gasteiger partial charge in [-0.25, -0.2) is 18.7 Å². The average Bonchev–Trinajstić information content (AvgIpc) is 2.70. The largest absolute Gasteiger partial charge is 0.337 e. The van der Waals surface area contributed by atoms with Gasteiger partial charge in [-0.2, -0.15) is 0 Å². The van der Waals surface area contributed by atoms with E-state index in [1.165, 1.54) is 18.5 Å². The van der Waals surface area contributed by atoms with Crippen LogP contribution in [0.5, 0.6) is 0 Å². The van der Waals surface area contributed by atoms with Crippen molar-refractivity contribution in [1.82, 2.24) is 9.97 Å². The Labute approximate surface area is 155 Å². The maximum atomic E-state index is 13.7. The molecule has 0 saturated heterocycles. The normalized spacial score (nSPS) is 10.5. The molecule has 3 aromatic rings. The highest BCUT2D eigenvalue weighted by molar-refractivity contribution is 6.04. The number of carbonyl (C=O) groups excluding carboxylic acids is 1. The molecule has 0 unspecified atom stereocenters. The average molecular weight is 368 g/mol. The summed E-state index contributed by atoms with van der Waals surface area (Å²) < 4.78 is 27.3. The maximum absolute atomic E-state index is 13.7. The van der Waals surface area contributed by atoms with Crippen LogP contribution in [0.3, 0.4) is 0 Å². The lowest BCUT2D eigenvalue weighted by molar-refractivity contribution is 0.102. The van der Waals surface area contributed by atoms with Gasteiger partial charge in [0.15, 0.2) is 0 Å². The molecule has 0 aliphatic heterocycles. The second kappa shape index (κ2) is 8.35. The zero-order valence-corrected chi connectivity index (χ0v) is 14.7. The van der Waals surface area contributed by atoms with Crippen LogP contribution in [0.1, 0.15) is 22.8 Å². The Morgan fingerprint density at radius 1 is 1.00 bits per heavy atom. The highest BCUT2D eigenvalue weighted by Gasteiger charge is 2.15. The molecule has 0 spiro atoms. The predicted molar refractivity (Wildman–Crippen MR) is 99.5 cm³/mol. The fourth-order valence-corrected chi connectivity index (χ4v) is 2.53. The van der Waals surface area contributed by atoms with Gasteiger partial charge in [0.25, 0.3) is 5.91 Å². The number of hydrogen-bond acceptors (Lipinski definition) is 4. The number of benzene rings is 2. The lowest BCUT2D eigenvalue weighted by Gasteiger charge is -2.20. The number of carbonyl (C=O) groups is 1. The molecule has 0 radical (unpaired) electrons. The number of amides is 1. The van der Waals surface area contributed by atoms with Gasteiger partial charge in [0.1, 0.15) is 17.3 Å². The first kappa shape index (κ1) is 18.4. The number of nitrogens with one attached hydrogen (secondary N) is 1. The number of rotatable bonds is 6. The molecule has 1 amide bonds. The predicted octanol–water partition coefficient (Wildman–Crippen LogP) is 4.03. The van der Waals surface area contributed by atoms with Crippen LogP contribution >= 0.6 is 0 Å². The molecule has 1 aromatic heterocycles. The first-order chi connectivity index (χ1) is 13.1. The number of aromatic nitrogens is 2. The van der Waals surface area contributed by atoms with Crippen LogP contribution in [0.25, 0.3) is 0 Å². The fraction of sp³-hybridized carbons (Fsp3) is 0.150. The summed E-state index contributed by atoms with van der Waals surface area (Å²) in [5.74, 6) is -1.91. The second-order valence-corrected chi connectivity index (χ2v) is 5.82. The summed E-state index contributed by atoms with van der Waals surface area (Å²) in [5.41, 5.74) is 0.725. The first-order valence-corrected chi connectivity index (χ1v) is 8.44. The van der Waals surface area contributed by atoms with Gasteiger partial charge in [0.2, 0.25) is 5.95 Å². The molecule has 0 bridgehead atoms. The molecule has 2 aromatic carbocycles. The van der Waals surface area contributed by atoms with Crippen molar-refractivity contribution in [3.8, 4) is 0 Å². The third kappa shape index (κ3) is 4.44. The molecule has 1 heterocycles. The molecule has 138 valence electrons. The van der Waals surface area contributed by atoms with Gasteiger partial charge in [-0.15, -0.1) is 0 Å². The Balaban J connectivity index is 1.73. The van der Waals surface area contributed by atoms with E-state index in [0.717, 1.165) is 17.7 Å². The van der Waals surface area contributed by atoms with E-state index < -0.39 is 23.2 Å². The monoisotopic (exact) mass is 368 g/mol. The van der Waals surface area contributed by atoms with Gasteiger partial charge in [-0.3, -0.25) is 4.79 Å². The van der Waals surface area contributed by atoms with Gasteiger partial charge in [-0.05, 0) is 24.6 Å². The zero-order chi connectivity index (χ0) is 19.2. The van der Waals surface area contributed by atoms with E-state index >= 15 is 0 Å². The highest BCUT2D eigenvalue weighted by atomic mass is 19.1. The van der Waals surface area contributed by atoms with E-state index in [0.29, 0.717) is 19.0 Å². The zero-order valence-electron chi connectivity index (χ0n) is 14.7. The van der Waals surface area contributed by atoms with Crippen molar-refractivity contribution in [3.63, 3.8) is 0 Å². The Hall–Kier alpha value is -3.35. The van der Waals surface area contributed by atoms with Crippen LogP contribution < -0.4 is 10.2 Å². The summed E-state index contributed by atoms with van der Waals surface area (Å²) in [6.07, 6.45) is 2.67. The van der Waals surface area contributed by atoms with Gasteiger partial charge in [0.05, 0.1) is 5.56 Å². The van der Waals surface area contributed by atoms with Crippen molar-refractivity contribution in [2.75, 3.05) is 16.8 Å². The highest BCUT2D eigenvalue weighted by Crippen LogP contribution is 2.19. The summed E-state index contributed by atoms with van der Waals surface area (Å²) in [6, 6.07) is 13.2. The summed E-state index contributed by atoms with van der Waals surface area (Å²) in [7, 11) is 0. The summed E-state index contributed by atoms with van der Waals surface area (Å²) in [6.45, 7) is 3.29. The molecule has 0 atom stereocenters. The second-order valence-electron chi connectivity index (χ2n) is 5.82. The molecule has 1 N–H and O–H groups in total. The van der Waals surface area contributed by atoms with Crippen LogP contribution in [-0.4, -0.2) is 22.4 Å². The van der Waals surface area contributed by atoms with Gasteiger partial charge >= 0.3 is 0 Å².